The lowest BCUT2D eigenvalue weighted by Gasteiger charge is -2.54. The van der Waals surface area contributed by atoms with Crippen LogP contribution in [0.3, 0.4) is 0 Å². The molecular weight excluding hydrogens is 522 g/mol. The van der Waals surface area contributed by atoms with E-state index in [2.05, 4.69) is 56.3 Å². The number of carboxylic acids is 1. The summed E-state index contributed by atoms with van der Waals surface area (Å²) in [5.74, 6) is 0.0598. The zero-order valence-electron chi connectivity index (χ0n) is 25.2. The summed E-state index contributed by atoms with van der Waals surface area (Å²) in [5.41, 5.74) is 5.18. The summed E-state index contributed by atoms with van der Waals surface area (Å²) in [5, 5.41) is 8.82. The highest BCUT2D eigenvalue weighted by Gasteiger charge is 2.49. The highest BCUT2D eigenvalue weighted by molar-refractivity contribution is 5.94. The second kappa shape index (κ2) is 13.1. The third kappa shape index (κ3) is 6.56. The van der Waals surface area contributed by atoms with Crippen molar-refractivity contribution in [2.24, 2.45) is 0 Å². The maximum Gasteiger partial charge on any atom is 0.303 e. The normalized spacial score (nSPS) is 21.3. The molecule has 3 aromatic rings. The molecule has 0 spiro atoms. The van der Waals surface area contributed by atoms with Crippen molar-refractivity contribution in [2.45, 2.75) is 101 Å². The average molecular weight is 568 g/mol. The molecule has 5 heteroatoms. The molecule has 2 bridgehead atoms. The molecule has 1 amide bonds. The minimum absolute atomic E-state index is 0.0302. The third-order valence-electron chi connectivity index (χ3n) is 9.87. The SMILES string of the molecule is CC(C)N(Cc1ccccc1OCCCCCC(=O)O)C(=O)c1ccc(C23CCC(c4ccccc4)(CC2)CC3)cc1. The number of unbranched alkanes of at least 4 members (excludes halogenated alkanes) is 2. The Kier molecular flexibility index (Phi) is 9.35. The van der Waals surface area contributed by atoms with Gasteiger partial charge >= 0.3 is 5.97 Å². The quantitative estimate of drug-likeness (QED) is 0.211. The lowest BCUT2D eigenvalue weighted by Crippen LogP contribution is -2.46. The first kappa shape index (κ1) is 29.9. The van der Waals surface area contributed by atoms with Gasteiger partial charge in [0.2, 0.25) is 0 Å². The minimum Gasteiger partial charge on any atom is -0.493 e. The number of hydrogen-bond donors (Lipinski definition) is 1. The molecule has 0 aromatic heterocycles. The number of rotatable bonds is 13. The van der Waals surface area contributed by atoms with Crippen molar-refractivity contribution >= 4 is 11.9 Å². The van der Waals surface area contributed by atoms with Gasteiger partial charge in [0.15, 0.2) is 0 Å². The van der Waals surface area contributed by atoms with Crippen LogP contribution in [0.2, 0.25) is 0 Å². The molecule has 0 atom stereocenters. The molecule has 3 fully saturated rings. The Balaban J connectivity index is 1.22. The fourth-order valence-electron chi connectivity index (χ4n) is 7.16. The molecule has 3 aliphatic rings. The predicted octanol–water partition coefficient (Wildman–Crippen LogP) is 8.30. The third-order valence-corrected chi connectivity index (χ3v) is 9.87. The molecule has 3 aromatic carbocycles. The van der Waals surface area contributed by atoms with Gasteiger partial charge in [-0.25, -0.2) is 0 Å². The zero-order chi connectivity index (χ0) is 29.6. The molecule has 222 valence electrons. The van der Waals surface area contributed by atoms with E-state index in [-0.39, 0.29) is 23.8 Å². The Morgan fingerprint density at radius 1 is 0.762 bits per heavy atom. The van der Waals surface area contributed by atoms with Crippen LogP contribution in [0.1, 0.15) is 105 Å². The molecule has 0 aliphatic heterocycles. The van der Waals surface area contributed by atoms with Crippen LogP contribution in [0.4, 0.5) is 0 Å². The van der Waals surface area contributed by atoms with E-state index in [1.165, 1.54) is 49.7 Å². The van der Waals surface area contributed by atoms with Gasteiger partial charge in [-0.2, -0.15) is 0 Å². The van der Waals surface area contributed by atoms with Gasteiger partial charge < -0.3 is 14.7 Å². The van der Waals surface area contributed by atoms with Gasteiger partial charge in [0.25, 0.3) is 5.91 Å². The zero-order valence-corrected chi connectivity index (χ0v) is 25.2. The van der Waals surface area contributed by atoms with Crippen molar-refractivity contribution in [1.82, 2.24) is 4.90 Å². The number of para-hydroxylation sites is 1. The molecular formula is C37H45NO4. The summed E-state index contributed by atoms with van der Waals surface area (Å²) in [4.78, 5) is 26.4. The van der Waals surface area contributed by atoms with Crippen molar-refractivity contribution in [3.63, 3.8) is 0 Å². The van der Waals surface area contributed by atoms with Gasteiger partial charge in [-0.05, 0) is 112 Å². The second-order valence-corrected chi connectivity index (χ2v) is 12.7. The second-order valence-electron chi connectivity index (χ2n) is 12.7. The number of aliphatic carboxylic acids is 1. The topological polar surface area (TPSA) is 66.8 Å². The number of ether oxygens (including phenoxy) is 1. The Morgan fingerprint density at radius 2 is 1.33 bits per heavy atom. The van der Waals surface area contributed by atoms with Crippen molar-refractivity contribution in [3.05, 3.63) is 101 Å². The molecule has 3 aliphatic carbocycles. The highest BCUT2D eigenvalue weighted by Crippen LogP contribution is 2.58. The van der Waals surface area contributed by atoms with Gasteiger partial charge in [0, 0.05) is 30.1 Å². The number of hydrogen-bond acceptors (Lipinski definition) is 3. The molecule has 0 heterocycles. The highest BCUT2D eigenvalue weighted by atomic mass is 16.5. The maximum absolute atomic E-state index is 13.8. The number of benzene rings is 3. The lowest BCUT2D eigenvalue weighted by molar-refractivity contribution is -0.137. The first-order valence-electron chi connectivity index (χ1n) is 15.7. The molecule has 3 saturated carbocycles. The van der Waals surface area contributed by atoms with Crippen LogP contribution < -0.4 is 4.74 Å². The summed E-state index contributed by atoms with van der Waals surface area (Å²) >= 11 is 0. The number of fused-ring (bicyclic) bond motifs is 3. The van der Waals surface area contributed by atoms with E-state index in [1.807, 2.05) is 41.3 Å². The van der Waals surface area contributed by atoms with Crippen LogP contribution in [0, 0.1) is 0 Å². The summed E-state index contributed by atoms with van der Waals surface area (Å²) in [6.45, 7) is 5.11. The molecule has 1 N–H and O–H groups in total. The Labute approximate surface area is 250 Å². The van der Waals surface area contributed by atoms with E-state index >= 15 is 0 Å². The number of carbonyl (C=O) groups is 2. The Morgan fingerprint density at radius 3 is 1.93 bits per heavy atom. The largest absolute Gasteiger partial charge is 0.493 e. The fraction of sp³-hybridized carbons (Fsp3) is 0.459. The van der Waals surface area contributed by atoms with E-state index < -0.39 is 5.97 Å². The smallest absolute Gasteiger partial charge is 0.303 e. The first-order chi connectivity index (χ1) is 20.3. The van der Waals surface area contributed by atoms with Gasteiger partial charge in [-0.1, -0.05) is 60.7 Å². The van der Waals surface area contributed by atoms with Gasteiger partial charge in [0.05, 0.1) is 6.61 Å². The van der Waals surface area contributed by atoms with Crippen LogP contribution in [-0.4, -0.2) is 34.5 Å². The standard InChI is InChI=1S/C37H45NO4/c1-28(2)38(27-30-11-8-9-14-33(30)42-26-10-4-7-15-34(39)40)35(41)29-16-18-32(19-17-29)37-23-20-36(21-24-37,22-25-37)31-12-5-3-6-13-31/h3,5-6,8-9,11-14,16-19,28H,4,7,10,15,20-27H2,1-2H3,(H,39,40). The average Bonchev–Trinajstić information content (AvgIpc) is 3.03. The van der Waals surface area contributed by atoms with Crippen molar-refractivity contribution in [2.75, 3.05) is 6.61 Å². The number of amides is 1. The molecule has 0 radical (unpaired) electrons. The first-order valence-corrected chi connectivity index (χ1v) is 15.7. The summed E-state index contributed by atoms with van der Waals surface area (Å²) in [6, 6.07) is 27.5. The van der Waals surface area contributed by atoms with Crippen LogP contribution in [-0.2, 0) is 22.2 Å². The monoisotopic (exact) mass is 567 g/mol. The minimum atomic E-state index is -0.757. The summed E-state index contributed by atoms with van der Waals surface area (Å²) < 4.78 is 6.07. The maximum atomic E-state index is 13.8. The lowest BCUT2D eigenvalue weighted by atomic mass is 9.50. The molecule has 0 unspecified atom stereocenters. The Hall–Kier alpha value is -3.60. The van der Waals surface area contributed by atoms with E-state index in [4.69, 9.17) is 9.84 Å². The molecule has 42 heavy (non-hydrogen) atoms. The van der Waals surface area contributed by atoms with E-state index in [0.717, 1.165) is 29.7 Å². The van der Waals surface area contributed by atoms with Crippen molar-refractivity contribution in [1.29, 1.82) is 0 Å². The number of carboxylic acid groups (broad SMARTS) is 1. The van der Waals surface area contributed by atoms with Crippen molar-refractivity contribution in [3.8, 4) is 5.75 Å². The number of nitrogens with zero attached hydrogens (tertiary/aromatic N) is 1. The van der Waals surface area contributed by atoms with E-state index in [9.17, 15) is 9.59 Å². The van der Waals surface area contributed by atoms with Gasteiger partial charge in [-0.3, -0.25) is 9.59 Å². The van der Waals surface area contributed by atoms with Gasteiger partial charge in [-0.15, -0.1) is 0 Å². The van der Waals surface area contributed by atoms with E-state index in [0.29, 0.717) is 25.0 Å². The van der Waals surface area contributed by atoms with Crippen LogP contribution in [0.5, 0.6) is 5.75 Å². The molecule has 5 nitrogen and oxygen atoms in total. The van der Waals surface area contributed by atoms with Gasteiger partial charge in [0.1, 0.15) is 5.75 Å². The molecule has 6 rings (SSSR count). The number of carbonyl (C=O) groups excluding carboxylic acids is 1. The predicted molar refractivity (Wildman–Crippen MR) is 167 cm³/mol. The molecule has 0 saturated heterocycles. The fourth-order valence-corrected chi connectivity index (χ4v) is 7.16. The summed E-state index contributed by atoms with van der Waals surface area (Å²) in [7, 11) is 0. The Bertz CT molecular complexity index is 1320. The van der Waals surface area contributed by atoms with Crippen molar-refractivity contribution < 1.29 is 19.4 Å². The van der Waals surface area contributed by atoms with E-state index in [1.54, 1.807) is 0 Å². The van der Waals surface area contributed by atoms with Crippen LogP contribution in [0.15, 0.2) is 78.9 Å². The summed E-state index contributed by atoms with van der Waals surface area (Å²) in [6.07, 6.45) is 9.82. The van der Waals surface area contributed by atoms with Crippen LogP contribution >= 0.6 is 0 Å². The van der Waals surface area contributed by atoms with Crippen LogP contribution in [0.25, 0.3) is 0 Å².